The molecule has 0 aliphatic rings. The highest BCUT2D eigenvalue weighted by atomic mass is 32.2. The molecule has 0 spiro atoms. The van der Waals surface area contributed by atoms with Gasteiger partial charge in [-0.1, -0.05) is 6.07 Å². The molecule has 0 saturated heterocycles. The van der Waals surface area contributed by atoms with E-state index in [-0.39, 0.29) is 11.4 Å². The van der Waals surface area contributed by atoms with Gasteiger partial charge >= 0.3 is 0 Å². The normalized spacial score (nSPS) is 11.7. The third-order valence-electron chi connectivity index (χ3n) is 3.22. The topological polar surface area (TPSA) is 101 Å². The summed E-state index contributed by atoms with van der Waals surface area (Å²) in [6, 6.07) is 5.58. The number of pyridine rings is 1. The van der Waals surface area contributed by atoms with Gasteiger partial charge in [0.2, 0.25) is 10.0 Å². The third kappa shape index (κ3) is 3.31. The van der Waals surface area contributed by atoms with E-state index < -0.39 is 10.0 Å². The van der Waals surface area contributed by atoms with Gasteiger partial charge in [0, 0.05) is 11.6 Å². The van der Waals surface area contributed by atoms with Crippen molar-refractivity contribution in [3.63, 3.8) is 0 Å². The van der Waals surface area contributed by atoms with E-state index in [9.17, 15) is 8.42 Å². The maximum atomic E-state index is 12.4. The fourth-order valence-corrected chi connectivity index (χ4v) is 4.36. The first kappa shape index (κ1) is 15.8. The van der Waals surface area contributed by atoms with Gasteiger partial charge in [-0.05, 0) is 26.0 Å². The molecule has 23 heavy (non-hydrogen) atoms. The molecule has 0 bridgehead atoms. The van der Waals surface area contributed by atoms with Crippen molar-refractivity contribution < 1.29 is 8.42 Å². The van der Waals surface area contributed by atoms with Gasteiger partial charge in [0.05, 0.1) is 29.3 Å². The van der Waals surface area contributed by atoms with Crippen LogP contribution in [0.25, 0.3) is 11.4 Å². The van der Waals surface area contributed by atoms with E-state index in [0.29, 0.717) is 16.4 Å². The quantitative estimate of drug-likeness (QED) is 0.734. The third-order valence-corrected chi connectivity index (χ3v) is 5.73. The van der Waals surface area contributed by atoms with Crippen molar-refractivity contribution in [2.45, 2.75) is 25.3 Å². The van der Waals surface area contributed by atoms with Crippen LogP contribution >= 0.6 is 11.3 Å². The molecule has 0 atom stereocenters. The van der Waals surface area contributed by atoms with E-state index in [1.54, 1.807) is 20.0 Å². The van der Waals surface area contributed by atoms with E-state index in [1.807, 2.05) is 23.6 Å². The predicted molar refractivity (Wildman–Crippen MR) is 87.4 cm³/mol. The van der Waals surface area contributed by atoms with Crippen molar-refractivity contribution in [3.8, 4) is 11.4 Å². The lowest BCUT2D eigenvalue weighted by molar-refractivity contribution is 0.580. The van der Waals surface area contributed by atoms with Crippen LogP contribution < -0.4 is 4.72 Å². The zero-order valence-electron chi connectivity index (χ0n) is 12.6. The Labute approximate surface area is 137 Å². The number of aryl methyl sites for hydroxylation is 2. The molecule has 3 heterocycles. The molecule has 0 aliphatic heterocycles. The molecule has 0 aromatic carbocycles. The zero-order chi connectivity index (χ0) is 16.4. The molecule has 3 aromatic heterocycles. The molecule has 0 amide bonds. The van der Waals surface area contributed by atoms with Crippen LogP contribution in [0, 0.1) is 13.8 Å². The van der Waals surface area contributed by atoms with Gasteiger partial charge in [-0.25, -0.2) is 18.1 Å². The van der Waals surface area contributed by atoms with Gasteiger partial charge in [-0.15, -0.1) is 11.3 Å². The summed E-state index contributed by atoms with van der Waals surface area (Å²) in [5, 5.41) is 9.13. The number of hydrogen-bond acceptors (Lipinski definition) is 6. The van der Waals surface area contributed by atoms with Gasteiger partial charge in [0.1, 0.15) is 9.90 Å². The summed E-state index contributed by atoms with van der Waals surface area (Å²) in [6.45, 7) is 3.46. The van der Waals surface area contributed by atoms with E-state index in [1.165, 1.54) is 11.3 Å². The summed E-state index contributed by atoms with van der Waals surface area (Å²) in [4.78, 5) is 8.84. The molecule has 0 saturated carbocycles. The molecule has 0 fully saturated rings. The van der Waals surface area contributed by atoms with Gasteiger partial charge in [-0.2, -0.15) is 5.10 Å². The smallest absolute Gasteiger partial charge is 0.244 e. The molecule has 0 radical (unpaired) electrons. The summed E-state index contributed by atoms with van der Waals surface area (Å²) in [7, 11) is -3.62. The minimum atomic E-state index is -3.62. The van der Waals surface area contributed by atoms with Crippen LogP contribution in [0.15, 0.2) is 34.7 Å². The number of nitrogens with one attached hydrogen (secondary N) is 2. The fourth-order valence-electron chi connectivity index (χ4n) is 2.19. The number of hydrogen-bond donors (Lipinski definition) is 2. The summed E-state index contributed by atoms with van der Waals surface area (Å²) >= 11 is 1.39. The van der Waals surface area contributed by atoms with Gasteiger partial charge in [-0.3, -0.25) is 10.1 Å². The maximum absolute atomic E-state index is 12.4. The molecule has 0 unspecified atom stereocenters. The van der Waals surface area contributed by atoms with E-state index in [0.717, 1.165) is 11.4 Å². The second-order valence-corrected chi connectivity index (χ2v) is 7.58. The highest BCUT2D eigenvalue weighted by molar-refractivity contribution is 7.89. The van der Waals surface area contributed by atoms with Crippen LogP contribution in [0.4, 0.5) is 0 Å². The molecule has 9 heteroatoms. The number of rotatable bonds is 5. The van der Waals surface area contributed by atoms with Crippen molar-refractivity contribution >= 4 is 21.4 Å². The number of nitrogens with zero attached hydrogens (tertiary/aromatic N) is 3. The SMILES string of the molecule is Cc1n[nH]c(C)c1S(=O)(=O)NCc1nc(-c2ccccn2)cs1. The molecule has 3 rings (SSSR count). The van der Waals surface area contributed by atoms with Crippen LogP contribution in [0.2, 0.25) is 0 Å². The minimum Gasteiger partial charge on any atom is -0.281 e. The van der Waals surface area contributed by atoms with Gasteiger partial charge in [0.15, 0.2) is 0 Å². The van der Waals surface area contributed by atoms with Crippen molar-refractivity contribution in [2.24, 2.45) is 0 Å². The second-order valence-electron chi connectivity index (χ2n) is 4.93. The van der Waals surface area contributed by atoms with Crippen LogP contribution in [0.1, 0.15) is 16.4 Å². The molecule has 0 aliphatic carbocycles. The minimum absolute atomic E-state index is 0.129. The van der Waals surface area contributed by atoms with Gasteiger partial charge in [0.25, 0.3) is 0 Å². The summed E-state index contributed by atoms with van der Waals surface area (Å²) in [5.74, 6) is 0. The largest absolute Gasteiger partial charge is 0.281 e. The average Bonchev–Trinajstić information content (AvgIpc) is 3.13. The van der Waals surface area contributed by atoms with Gasteiger partial charge < -0.3 is 0 Å². The average molecular weight is 349 g/mol. The van der Waals surface area contributed by atoms with Crippen molar-refractivity contribution in [3.05, 3.63) is 46.2 Å². The van der Waals surface area contributed by atoms with Crippen LogP contribution in [-0.4, -0.2) is 28.6 Å². The highest BCUT2D eigenvalue weighted by Crippen LogP contribution is 2.21. The summed E-state index contributed by atoms with van der Waals surface area (Å²) in [6.07, 6.45) is 1.70. The monoisotopic (exact) mass is 349 g/mol. The highest BCUT2D eigenvalue weighted by Gasteiger charge is 2.22. The number of thiazole rings is 1. The maximum Gasteiger partial charge on any atom is 0.244 e. The Balaban J connectivity index is 1.75. The molecule has 120 valence electrons. The fraction of sp³-hybridized carbons (Fsp3) is 0.214. The molecule has 7 nitrogen and oxygen atoms in total. The first-order valence-electron chi connectivity index (χ1n) is 6.84. The Morgan fingerprint density at radius 3 is 2.74 bits per heavy atom. The standard InChI is InChI=1S/C14H15N5O2S2/c1-9-14(10(2)19-18-9)23(20,21)16-7-13-17-12(8-22-13)11-5-3-4-6-15-11/h3-6,8,16H,7H2,1-2H3,(H,18,19). The Bertz CT molecular complexity index is 896. The molecular weight excluding hydrogens is 334 g/mol. The summed E-state index contributed by atoms with van der Waals surface area (Å²) in [5.41, 5.74) is 2.46. The first-order chi connectivity index (χ1) is 11.0. The Morgan fingerprint density at radius 2 is 2.09 bits per heavy atom. The van der Waals surface area contributed by atoms with Crippen LogP contribution in [0.5, 0.6) is 0 Å². The molecular formula is C14H15N5O2S2. The van der Waals surface area contributed by atoms with Crippen LogP contribution in [-0.2, 0) is 16.6 Å². The molecule has 3 aromatic rings. The number of aromatic nitrogens is 4. The van der Waals surface area contributed by atoms with Crippen molar-refractivity contribution in [1.29, 1.82) is 0 Å². The van der Waals surface area contributed by atoms with Crippen LogP contribution in [0.3, 0.4) is 0 Å². The lowest BCUT2D eigenvalue weighted by Gasteiger charge is -2.05. The number of aromatic amines is 1. The Hall–Kier alpha value is -2.10. The zero-order valence-corrected chi connectivity index (χ0v) is 14.2. The van der Waals surface area contributed by atoms with E-state index >= 15 is 0 Å². The predicted octanol–water partition coefficient (Wildman–Crippen LogP) is 2.02. The van der Waals surface area contributed by atoms with Crippen molar-refractivity contribution in [1.82, 2.24) is 24.9 Å². The number of H-pyrrole nitrogens is 1. The van der Waals surface area contributed by atoms with E-state index in [2.05, 4.69) is 24.9 Å². The Kier molecular flexibility index (Phi) is 4.24. The summed E-state index contributed by atoms with van der Waals surface area (Å²) < 4.78 is 27.3. The lowest BCUT2D eigenvalue weighted by Crippen LogP contribution is -2.24. The first-order valence-corrected chi connectivity index (χ1v) is 9.20. The lowest BCUT2D eigenvalue weighted by atomic mass is 10.3. The Morgan fingerprint density at radius 1 is 1.26 bits per heavy atom. The molecule has 2 N–H and O–H groups in total. The van der Waals surface area contributed by atoms with Crippen molar-refractivity contribution in [2.75, 3.05) is 0 Å². The number of sulfonamides is 1. The second kappa shape index (κ2) is 6.19. The van der Waals surface area contributed by atoms with E-state index in [4.69, 9.17) is 0 Å².